The molecule has 1 aromatic heterocycles. The van der Waals surface area contributed by atoms with Crippen molar-refractivity contribution in [1.82, 2.24) is 9.88 Å². The molecule has 1 heterocycles. The van der Waals surface area contributed by atoms with Crippen molar-refractivity contribution in [3.8, 4) is 0 Å². The maximum absolute atomic E-state index is 11.8. The summed E-state index contributed by atoms with van der Waals surface area (Å²) in [6.45, 7) is 6.98. The Hall–Kier alpha value is -2.75. The van der Waals surface area contributed by atoms with E-state index < -0.39 is 5.60 Å². The average molecular weight is 350 g/mol. The van der Waals surface area contributed by atoms with Crippen LogP contribution in [-0.4, -0.2) is 22.8 Å². The highest BCUT2D eigenvalue weighted by molar-refractivity contribution is 5.84. The fourth-order valence-electron chi connectivity index (χ4n) is 3.05. The van der Waals surface area contributed by atoms with Gasteiger partial charge in [-0.2, -0.15) is 0 Å². The summed E-state index contributed by atoms with van der Waals surface area (Å²) in [5.74, 6) is 0. The van der Waals surface area contributed by atoms with Gasteiger partial charge >= 0.3 is 6.09 Å². The third kappa shape index (κ3) is 4.66. The van der Waals surface area contributed by atoms with Crippen molar-refractivity contribution >= 4 is 17.0 Å². The summed E-state index contributed by atoms with van der Waals surface area (Å²) in [4.78, 5) is 11.8. The molecule has 0 bridgehead atoms. The Morgan fingerprint density at radius 3 is 2.46 bits per heavy atom. The molecule has 2 aromatic carbocycles. The Bertz CT molecular complexity index is 876. The second-order valence-corrected chi connectivity index (χ2v) is 7.46. The number of fused-ring (bicyclic) bond motifs is 1. The first kappa shape index (κ1) is 18.1. The minimum atomic E-state index is -0.476. The van der Waals surface area contributed by atoms with E-state index in [9.17, 15) is 4.79 Å². The summed E-state index contributed by atoms with van der Waals surface area (Å²) in [5.41, 5.74) is 3.23. The molecule has 3 rings (SSSR count). The van der Waals surface area contributed by atoms with Crippen LogP contribution in [0.3, 0.4) is 0 Å². The molecule has 0 fully saturated rings. The smallest absolute Gasteiger partial charge is 0.407 e. The van der Waals surface area contributed by atoms with Crippen molar-refractivity contribution in [3.63, 3.8) is 0 Å². The molecule has 1 N–H and O–H groups in total. The number of nitrogens with one attached hydrogen (secondary N) is 1. The minimum absolute atomic E-state index is 0.370. The van der Waals surface area contributed by atoms with Gasteiger partial charge in [-0.15, -0.1) is 0 Å². The summed E-state index contributed by atoms with van der Waals surface area (Å²) >= 11 is 0. The predicted molar refractivity (Wildman–Crippen MR) is 105 cm³/mol. The molecule has 0 unspecified atom stereocenters. The Balaban J connectivity index is 1.72. The molecule has 0 aliphatic carbocycles. The summed E-state index contributed by atoms with van der Waals surface area (Å²) in [6.07, 6.45) is 2.58. The van der Waals surface area contributed by atoms with Crippen molar-refractivity contribution in [2.24, 2.45) is 0 Å². The first-order valence-electron chi connectivity index (χ1n) is 9.00. The van der Waals surface area contributed by atoms with Gasteiger partial charge in [0.15, 0.2) is 0 Å². The van der Waals surface area contributed by atoms with Crippen LogP contribution in [0.5, 0.6) is 0 Å². The van der Waals surface area contributed by atoms with Crippen LogP contribution >= 0.6 is 0 Å². The first-order chi connectivity index (χ1) is 12.4. The van der Waals surface area contributed by atoms with Crippen LogP contribution in [0.15, 0.2) is 60.8 Å². The van der Waals surface area contributed by atoms with E-state index in [1.807, 2.05) is 26.8 Å². The summed E-state index contributed by atoms with van der Waals surface area (Å²) in [7, 11) is 0. The second kappa shape index (κ2) is 7.65. The monoisotopic (exact) mass is 350 g/mol. The van der Waals surface area contributed by atoms with Crippen LogP contribution in [0, 0.1) is 0 Å². The molecule has 0 radical (unpaired) electrons. The lowest BCUT2D eigenvalue weighted by Crippen LogP contribution is -2.33. The molecule has 1 amide bonds. The molecule has 4 heteroatoms. The molecule has 4 nitrogen and oxygen atoms in total. The highest BCUT2D eigenvalue weighted by atomic mass is 16.6. The summed E-state index contributed by atoms with van der Waals surface area (Å²) in [6, 6.07) is 18.8. The van der Waals surface area contributed by atoms with Gasteiger partial charge in [-0.25, -0.2) is 4.79 Å². The molecule has 3 aromatic rings. The molecule has 136 valence electrons. The van der Waals surface area contributed by atoms with Crippen molar-refractivity contribution in [1.29, 1.82) is 0 Å². The van der Waals surface area contributed by atoms with E-state index in [4.69, 9.17) is 4.74 Å². The quantitative estimate of drug-likeness (QED) is 0.721. The number of aromatic nitrogens is 1. The van der Waals surface area contributed by atoms with E-state index in [1.54, 1.807) is 0 Å². The number of hydrogen-bond acceptors (Lipinski definition) is 2. The molecule has 0 saturated heterocycles. The van der Waals surface area contributed by atoms with Gasteiger partial charge in [0.1, 0.15) is 5.60 Å². The van der Waals surface area contributed by atoms with Gasteiger partial charge in [-0.3, -0.25) is 0 Å². The van der Waals surface area contributed by atoms with Crippen LogP contribution in [0.4, 0.5) is 4.79 Å². The number of nitrogens with zero attached hydrogens (tertiary/aromatic N) is 1. The van der Waals surface area contributed by atoms with Crippen LogP contribution in [0.2, 0.25) is 0 Å². The zero-order chi connectivity index (χ0) is 18.6. The van der Waals surface area contributed by atoms with Crippen molar-refractivity contribution < 1.29 is 9.53 Å². The number of carbonyl (C=O) groups excluding carboxylic acids is 1. The standard InChI is InChI=1S/C22H26N2O2/c1-22(2,3)26-21(25)23-14-13-18-16-24(15-17-9-5-4-6-10-17)20-12-8-7-11-19(18)20/h4-12,16H,13-15H2,1-3H3,(H,23,25). The van der Waals surface area contributed by atoms with Crippen LogP contribution < -0.4 is 5.32 Å². The number of benzene rings is 2. The molecule has 0 aliphatic heterocycles. The number of carbonyl (C=O) groups is 1. The fourth-order valence-corrected chi connectivity index (χ4v) is 3.05. The lowest BCUT2D eigenvalue weighted by molar-refractivity contribution is 0.0528. The molecular formula is C22H26N2O2. The zero-order valence-electron chi connectivity index (χ0n) is 15.7. The van der Waals surface area contributed by atoms with E-state index in [0.29, 0.717) is 6.54 Å². The number of alkyl carbamates (subject to hydrolysis) is 1. The van der Waals surface area contributed by atoms with Gasteiger partial charge in [0.05, 0.1) is 0 Å². The molecule has 0 saturated carbocycles. The molecular weight excluding hydrogens is 324 g/mol. The summed E-state index contributed by atoms with van der Waals surface area (Å²) < 4.78 is 7.56. The SMILES string of the molecule is CC(C)(C)OC(=O)NCCc1cn(Cc2ccccc2)c2ccccc12. The Labute approximate surface area is 154 Å². The van der Waals surface area contributed by atoms with Gasteiger partial charge in [0, 0.05) is 30.2 Å². The number of hydrogen-bond donors (Lipinski definition) is 1. The van der Waals surface area contributed by atoms with Gasteiger partial charge in [0.25, 0.3) is 0 Å². The Kier molecular flexibility index (Phi) is 5.31. The largest absolute Gasteiger partial charge is 0.444 e. The van der Waals surface area contributed by atoms with E-state index in [1.165, 1.54) is 22.0 Å². The maximum atomic E-state index is 11.8. The van der Waals surface area contributed by atoms with Gasteiger partial charge in [-0.05, 0) is 44.4 Å². The third-order valence-electron chi connectivity index (χ3n) is 4.13. The normalized spacial score (nSPS) is 11.5. The number of ether oxygens (including phenoxy) is 1. The Morgan fingerprint density at radius 2 is 1.73 bits per heavy atom. The predicted octanol–water partition coefficient (Wildman–Crippen LogP) is 4.76. The number of amides is 1. The lowest BCUT2D eigenvalue weighted by atomic mass is 10.1. The van der Waals surface area contributed by atoms with Crippen molar-refractivity contribution in [2.75, 3.05) is 6.54 Å². The zero-order valence-corrected chi connectivity index (χ0v) is 15.7. The average Bonchev–Trinajstić information content (AvgIpc) is 2.92. The number of rotatable bonds is 5. The van der Waals surface area contributed by atoms with Gasteiger partial charge in [0.2, 0.25) is 0 Å². The first-order valence-corrected chi connectivity index (χ1v) is 9.00. The highest BCUT2D eigenvalue weighted by Crippen LogP contribution is 2.22. The molecule has 0 spiro atoms. The van der Waals surface area contributed by atoms with Gasteiger partial charge < -0.3 is 14.6 Å². The topological polar surface area (TPSA) is 43.3 Å². The van der Waals surface area contributed by atoms with Gasteiger partial charge in [-0.1, -0.05) is 48.5 Å². The van der Waals surface area contributed by atoms with E-state index in [-0.39, 0.29) is 6.09 Å². The van der Waals surface area contributed by atoms with E-state index in [2.05, 4.69) is 64.6 Å². The van der Waals surface area contributed by atoms with Crippen LogP contribution in [-0.2, 0) is 17.7 Å². The number of para-hydroxylation sites is 1. The van der Waals surface area contributed by atoms with E-state index in [0.717, 1.165) is 13.0 Å². The molecule has 0 atom stereocenters. The van der Waals surface area contributed by atoms with Crippen molar-refractivity contribution in [3.05, 3.63) is 71.9 Å². The highest BCUT2D eigenvalue weighted by Gasteiger charge is 2.16. The Morgan fingerprint density at radius 1 is 1.04 bits per heavy atom. The fraction of sp³-hybridized carbons (Fsp3) is 0.318. The lowest BCUT2D eigenvalue weighted by Gasteiger charge is -2.19. The minimum Gasteiger partial charge on any atom is -0.444 e. The second-order valence-electron chi connectivity index (χ2n) is 7.46. The van der Waals surface area contributed by atoms with Crippen molar-refractivity contribution in [2.45, 2.75) is 39.3 Å². The van der Waals surface area contributed by atoms with E-state index >= 15 is 0 Å². The molecule has 0 aliphatic rings. The summed E-state index contributed by atoms with van der Waals surface area (Å²) in [5, 5.41) is 4.07. The maximum Gasteiger partial charge on any atom is 0.407 e. The molecule has 26 heavy (non-hydrogen) atoms. The third-order valence-corrected chi connectivity index (χ3v) is 4.13. The van der Waals surface area contributed by atoms with Crippen LogP contribution in [0.1, 0.15) is 31.9 Å². The van der Waals surface area contributed by atoms with Crippen LogP contribution in [0.25, 0.3) is 10.9 Å².